The van der Waals surface area contributed by atoms with Crippen molar-refractivity contribution in [1.82, 2.24) is 4.98 Å². The van der Waals surface area contributed by atoms with E-state index < -0.39 is 0 Å². The molecule has 0 fully saturated rings. The highest BCUT2D eigenvalue weighted by Crippen LogP contribution is 2.25. The lowest BCUT2D eigenvalue weighted by atomic mass is 9.94. The molecule has 2 rings (SSSR count). The summed E-state index contributed by atoms with van der Waals surface area (Å²) in [6, 6.07) is 5.19. The van der Waals surface area contributed by atoms with E-state index in [1.807, 2.05) is 26.8 Å². The average molecular weight is 298 g/mol. The van der Waals surface area contributed by atoms with Gasteiger partial charge in [-0.1, -0.05) is 25.9 Å². The average Bonchev–Trinajstić information content (AvgIpc) is 2.92. The van der Waals surface area contributed by atoms with Crippen molar-refractivity contribution in [2.45, 2.75) is 39.5 Å². The number of rotatable bonds is 4. The Morgan fingerprint density at radius 3 is 2.73 bits per heavy atom. The second-order valence-corrected chi connectivity index (χ2v) is 6.15. The molecule has 114 valence electrons. The van der Waals surface area contributed by atoms with Crippen LogP contribution in [0.3, 0.4) is 0 Å². The van der Waals surface area contributed by atoms with Crippen molar-refractivity contribution in [2.24, 2.45) is 5.11 Å². The number of aromatic nitrogens is 1. The molecule has 6 heteroatoms. The molecular weight excluding hydrogens is 280 g/mol. The molecule has 0 spiro atoms. The van der Waals surface area contributed by atoms with Crippen LogP contribution in [0.1, 0.15) is 48.3 Å². The van der Waals surface area contributed by atoms with Crippen LogP contribution in [0.25, 0.3) is 10.4 Å². The molecule has 0 saturated carbocycles. The smallest absolute Gasteiger partial charge is 0.202 e. The second-order valence-electron chi connectivity index (χ2n) is 6.15. The van der Waals surface area contributed by atoms with E-state index in [9.17, 15) is 4.79 Å². The summed E-state index contributed by atoms with van der Waals surface area (Å²) in [5.74, 6) is 0.969. The van der Waals surface area contributed by atoms with Crippen LogP contribution < -0.4 is 0 Å². The fourth-order valence-corrected chi connectivity index (χ4v) is 1.97. The van der Waals surface area contributed by atoms with Gasteiger partial charge >= 0.3 is 0 Å². The Hall–Kier alpha value is -2.59. The van der Waals surface area contributed by atoms with E-state index in [0.29, 0.717) is 22.7 Å². The maximum absolute atomic E-state index is 12.3. The minimum Gasteiger partial charge on any atom is -0.457 e. The van der Waals surface area contributed by atoms with Gasteiger partial charge in [0, 0.05) is 28.6 Å². The molecule has 0 aliphatic heterocycles. The predicted octanol–water partition coefficient (Wildman–Crippen LogP) is 4.65. The summed E-state index contributed by atoms with van der Waals surface area (Å²) in [6.45, 7) is 7.82. The third kappa shape index (κ3) is 3.54. The van der Waals surface area contributed by atoms with Gasteiger partial charge in [0.05, 0.1) is 5.69 Å². The van der Waals surface area contributed by atoms with Crippen LogP contribution in [0, 0.1) is 6.92 Å². The Kier molecular flexibility index (Phi) is 4.33. The lowest BCUT2D eigenvalue weighted by molar-refractivity contribution is 0.0963. The van der Waals surface area contributed by atoms with Crippen molar-refractivity contribution in [3.05, 3.63) is 57.6 Å². The highest BCUT2D eigenvalue weighted by Gasteiger charge is 2.20. The number of carbonyl (C=O) groups is 1. The molecule has 0 atom stereocenters. The van der Waals surface area contributed by atoms with E-state index in [-0.39, 0.29) is 17.6 Å². The number of carbonyl (C=O) groups excluding carboxylic acids is 1. The van der Waals surface area contributed by atoms with E-state index in [1.54, 1.807) is 25.3 Å². The van der Waals surface area contributed by atoms with E-state index in [4.69, 9.17) is 9.95 Å². The van der Waals surface area contributed by atoms with Gasteiger partial charge in [-0.05, 0) is 36.2 Å². The van der Waals surface area contributed by atoms with Crippen molar-refractivity contribution in [3.63, 3.8) is 0 Å². The molecule has 22 heavy (non-hydrogen) atoms. The zero-order valence-electron chi connectivity index (χ0n) is 13.1. The SMILES string of the molecule is Cc1ncc(CC(=O)c2ccc(C(C)(C)C)o2)cc1N=[N+]=[N-]. The van der Waals surface area contributed by atoms with Crippen molar-refractivity contribution in [2.75, 3.05) is 0 Å². The molecule has 0 bridgehead atoms. The van der Waals surface area contributed by atoms with E-state index in [2.05, 4.69) is 15.0 Å². The lowest BCUT2D eigenvalue weighted by Crippen LogP contribution is -2.09. The second kappa shape index (κ2) is 6.03. The molecule has 0 amide bonds. The van der Waals surface area contributed by atoms with Crippen LogP contribution in [-0.2, 0) is 11.8 Å². The number of azide groups is 1. The quantitative estimate of drug-likeness (QED) is 0.356. The maximum atomic E-state index is 12.3. The van der Waals surface area contributed by atoms with E-state index >= 15 is 0 Å². The molecule has 2 aromatic rings. The first-order valence-electron chi connectivity index (χ1n) is 6.95. The third-order valence-corrected chi connectivity index (χ3v) is 3.25. The van der Waals surface area contributed by atoms with Crippen LogP contribution in [0.15, 0.2) is 33.9 Å². The summed E-state index contributed by atoms with van der Waals surface area (Å²) in [6.07, 6.45) is 1.76. The van der Waals surface area contributed by atoms with Crippen LogP contribution in [0.5, 0.6) is 0 Å². The molecule has 0 unspecified atom stereocenters. The van der Waals surface area contributed by atoms with Gasteiger partial charge in [-0.15, -0.1) is 0 Å². The van der Waals surface area contributed by atoms with Gasteiger partial charge in [-0.2, -0.15) is 0 Å². The summed E-state index contributed by atoms with van der Waals surface area (Å²) < 4.78 is 5.63. The molecule has 0 saturated heterocycles. The third-order valence-electron chi connectivity index (χ3n) is 3.25. The molecule has 0 aliphatic carbocycles. The van der Waals surface area contributed by atoms with E-state index in [0.717, 1.165) is 5.76 Å². The number of nitrogens with zero attached hydrogens (tertiary/aromatic N) is 4. The predicted molar refractivity (Wildman–Crippen MR) is 83.2 cm³/mol. The molecule has 2 heterocycles. The Balaban J connectivity index is 2.20. The largest absolute Gasteiger partial charge is 0.457 e. The van der Waals surface area contributed by atoms with E-state index in [1.165, 1.54) is 0 Å². The van der Waals surface area contributed by atoms with Crippen LogP contribution in [0.2, 0.25) is 0 Å². The first-order chi connectivity index (χ1) is 10.3. The molecule has 6 nitrogen and oxygen atoms in total. The number of aryl methyl sites for hydroxylation is 1. The van der Waals surface area contributed by atoms with Gasteiger partial charge < -0.3 is 4.42 Å². The van der Waals surface area contributed by atoms with Gasteiger partial charge in [-0.3, -0.25) is 9.78 Å². The van der Waals surface area contributed by atoms with Crippen LogP contribution >= 0.6 is 0 Å². The van der Waals surface area contributed by atoms with Crippen LogP contribution in [-0.4, -0.2) is 10.8 Å². The Bertz CT molecular complexity index is 750. The zero-order chi connectivity index (χ0) is 16.3. The number of hydrogen-bond acceptors (Lipinski definition) is 4. The molecule has 0 radical (unpaired) electrons. The maximum Gasteiger partial charge on any atom is 0.202 e. The highest BCUT2D eigenvalue weighted by atomic mass is 16.3. The normalized spacial score (nSPS) is 11.1. The summed E-state index contributed by atoms with van der Waals surface area (Å²) in [7, 11) is 0. The Labute approximate surface area is 128 Å². The zero-order valence-corrected chi connectivity index (χ0v) is 13.1. The Morgan fingerprint density at radius 2 is 2.14 bits per heavy atom. The number of pyridine rings is 1. The molecule has 0 aromatic carbocycles. The highest BCUT2D eigenvalue weighted by molar-refractivity contribution is 5.95. The minimum atomic E-state index is -0.140. The molecule has 0 aliphatic rings. The first kappa shape index (κ1) is 15.8. The van der Waals surface area contributed by atoms with Gasteiger partial charge in [0.15, 0.2) is 5.76 Å². The monoisotopic (exact) mass is 298 g/mol. The Morgan fingerprint density at radius 1 is 1.41 bits per heavy atom. The summed E-state index contributed by atoms with van der Waals surface area (Å²) in [5, 5.41) is 3.57. The number of furan rings is 1. The van der Waals surface area contributed by atoms with Crippen molar-refractivity contribution in [1.29, 1.82) is 0 Å². The first-order valence-corrected chi connectivity index (χ1v) is 6.95. The van der Waals surface area contributed by atoms with Gasteiger partial charge in [0.2, 0.25) is 5.78 Å². The van der Waals surface area contributed by atoms with Crippen molar-refractivity contribution >= 4 is 11.5 Å². The standard InChI is InChI=1S/C16H18N4O2/c1-10-12(19-20-17)7-11(9-18-10)8-13(21)14-5-6-15(22-14)16(2,3)4/h5-7,9H,8H2,1-4H3. The van der Waals surface area contributed by atoms with Gasteiger partial charge in [0.1, 0.15) is 5.76 Å². The fourth-order valence-electron chi connectivity index (χ4n) is 1.97. The lowest BCUT2D eigenvalue weighted by Gasteiger charge is -2.13. The number of ketones is 1. The van der Waals surface area contributed by atoms with Crippen LogP contribution in [0.4, 0.5) is 5.69 Å². The molecule has 2 aromatic heterocycles. The van der Waals surface area contributed by atoms with Crippen molar-refractivity contribution in [3.8, 4) is 0 Å². The summed E-state index contributed by atoms with van der Waals surface area (Å²) in [4.78, 5) is 19.2. The number of hydrogen-bond donors (Lipinski definition) is 0. The minimum absolute atomic E-state index is 0.131. The van der Waals surface area contributed by atoms with Gasteiger partial charge in [0.25, 0.3) is 0 Å². The number of Topliss-reactive ketones (excluding diaryl/α,β-unsaturated/α-hetero) is 1. The van der Waals surface area contributed by atoms with Gasteiger partial charge in [-0.25, -0.2) is 0 Å². The summed E-state index contributed by atoms with van der Waals surface area (Å²) in [5.41, 5.74) is 10.1. The molecular formula is C16H18N4O2. The van der Waals surface area contributed by atoms with Crippen molar-refractivity contribution < 1.29 is 9.21 Å². The fraction of sp³-hybridized carbons (Fsp3) is 0.375. The topological polar surface area (TPSA) is 91.9 Å². The summed E-state index contributed by atoms with van der Waals surface area (Å²) >= 11 is 0. The molecule has 0 N–H and O–H groups in total.